The lowest BCUT2D eigenvalue weighted by molar-refractivity contribution is 0.830. The van der Waals surface area contributed by atoms with Gasteiger partial charge in [-0.05, 0) is 80.1 Å². The topological polar surface area (TPSA) is 43.3 Å². The van der Waals surface area contributed by atoms with Gasteiger partial charge in [-0.25, -0.2) is 4.99 Å². The molecule has 1 aromatic carbocycles. The lowest BCUT2D eigenvalue weighted by Gasteiger charge is -2.12. The fourth-order valence-electron chi connectivity index (χ4n) is 3.20. The first kappa shape index (κ1) is 19.4. The second-order valence-corrected chi connectivity index (χ2v) is 6.84. The number of aryl methyl sites for hydroxylation is 1. The predicted molar refractivity (Wildman–Crippen MR) is 114 cm³/mol. The summed E-state index contributed by atoms with van der Waals surface area (Å²) < 4.78 is 14.6. The number of hydrogen-bond donors (Lipinski definition) is 1. The highest BCUT2D eigenvalue weighted by Crippen LogP contribution is 2.31. The average molecular weight is 381 g/mol. The maximum absolute atomic E-state index is 13.2. The van der Waals surface area contributed by atoms with E-state index in [0.717, 1.165) is 39.4 Å². The van der Waals surface area contributed by atoms with Crippen LogP contribution < -0.4 is 5.73 Å². The Bertz CT molecular complexity index is 949. The molecule has 1 aromatic heterocycles. The zero-order valence-corrected chi connectivity index (χ0v) is 16.2. The summed E-state index contributed by atoms with van der Waals surface area (Å²) in [5.41, 5.74) is 12.3. The third-order valence-corrected chi connectivity index (χ3v) is 4.87. The van der Waals surface area contributed by atoms with Crippen molar-refractivity contribution in [1.82, 2.24) is 4.48 Å². The van der Waals surface area contributed by atoms with Gasteiger partial charge >= 0.3 is 7.69 Å². The van der Waals surface area contributed by atoms with Gasteiger partial charge in [0.1, 0.15) is 0 Å². The number of halogens is 2. The minimum absolute atomic E-state index is 0.461. The van der Waals surface area contributed by atoms with Gasteiger partial charge in [0.2, 0.25) is 0 Å². The van der Waals surface area contributed by atoms with E-state index in [1.165, 1.54) is 4.48 Å². The van der Waals surface area contributed by atoms with E-state index in [9.17, 15) is 4.32 Å². The van der Waals surface area contributed by atoms with Crippen molar-refractivity contribution in [3.8, 4) is 0 Å². The van der Waals surface area contributed by atoms with Crippen LogP contribution in [0.2, 0.25) is 5.02 Å². The molecule has 3 nitrogen and oxygen atoms in total. The van der Waals surface area contributed by atoms with Crippen LogP contribution in [0.15, 0.2) is 64.9 Å². The molecule has 0 amide bonds. The zero-order valence-electron chi connectivity index (χ0n) is 15.4. The van der Waals surface area contributed by atoms with Crippen molar-refractivity contribution in [1.29, 1.82) is 0 Å². The minimum atomic E-state index is 0.461. The molecule has 0 aliphatic carbocycles. The average Bonchev–Trinajstić information content (AvgIpc) is 3.25. The summed E-state index contributed by atoms with van der Waals surface area (Å²) in [6, 6.07) is 9.51. The van der Waals surface area contributed by atoms with Crippen LogP contribution in [0.4, 0.5) is 4.32 Å². The van der Waals surface area contributed by atoms with Crippen LogP contribution in [0, 0.1) is 6.92 Å². The number of nitrogens with two attached hydrogens (primary N) is 1. The van der Waals surface area contributed by atoms with Crippen LogP contribution in [0.25, 0.3) is 11.6 Å². The second kappa shape index (κ2) is 8.55. The Balaban J connectivity index is 2.00. The molecule has 1 radical (unpaired) electrons. The summed E-state index contributed by atoms with van der Waals surface area (Å²) in [7, 11) is 0.547. The molecule has 2 heterocycles. The van der Waals surface area contributed by atoms with E-state index in [0.29, 0.717) is 25.7 Å². The largest absolute Gasteiger partial charge is 0.495 e. The lowest BCUT2D eigenvalue weighted by atomic mass is 10.0. The number of hydrogen-bond acceptors (Lipinski definition) is 2. The van der Waals surface area contributed by atoms with E-state index in [1.54, 1.807) is 12.3 Å². The first-order chi connectivity index (χ1) is 13.0. The monoisotopic (exact) mass is 380 g/mol. The molecular weight excluding hydrogens is 360 g/mol. The maximum Gasteiger partial charge on any atom is 0.495 e. The molecule has 0 spiro atoms. The molecule has 3 rings (SSSR count). The fraction of sp³-hybridized carbons (Fsp3) is 0.190. The summed E-state index contributed by atoms with van der Waals surface area (Å²) in [6.45, 7) is 4.49. The van der Waals surface area contributed by atoms with Crippen molar-refractivity contribution in [2.75, 3.05) is 6.54 Å². The number of aliphatic imine (C=N–C) groups is 1. The molecule has 0 unspecified atom stereocenters. The standard InChI is InChI=1S/C21H21BClFN3/c1-14-5-3-6-19(23)17(14)9-8-16-13-15(2)21(26-16)18(10-11-25)20-7-4-12-27(20)22-24/h3-9,12-13H,10-11,25H2,1-2H3/b9-8+,21-18-. The van der Waals surface area contributed by atoms with Crippen molar-refractivity contribution in [3.05, 3.63) is 81.8 Å². The number of rotatable bonds is 6. The first-order valence-corrected chi connectivity index (χ1v) is 9.17. The van der Waals surface area contributed by atoms with Crippen molar-refractivity contribution in [2.24, 2.45) is 10.7 Å². The molecule has 137 valence electrons. The van der Waals surface area contributed by atoms with E-state index in [1.807, 2.05) is 56.3 Å². The Labute approximate surface area is 165 Å². The highest BCUT2D eigenvalue weighted by atomic mass is 35.5. The smallest absolute Gasteiger partial charge is 0.365 e. The Morgan fingerprint density at radius 3 is 2.78 bits per heavy atom. The normalized spacial score (nSPS) is 15.9. The number of aromatic nitrogens is 1. The molecule has 0 saturated carbocycles. The van der Waals surface area contributed by atoms with Gasteiger partial charge in [0, 0.05) is 16.3 Å². The van der Waals surface area contributed by atoms with Crippen molar-refractivity contribution in [2.45, 2.75) is 20.3 Å². The highest BCUT2D eigenvalue weighted by Gasteiger charge is 2.18. The van der Waals surface area contributed by atoms with Crippen LogP contribution in [-0.4, -0.2) is 24.4 Å². The van der Waals surface area contributed by atoms with Crippen molar-refractivity contribution < 1.29 is 4.32 Å². The Kier molecular flexibility index (Phi) is 6.14. The predicted octanol–water partition coefficient (Wildman–Crippen LogP) is 4.98. The van der Waals surface area contributed by atoms with E-state index < -0.39 is 0 Å². The van der Waals surface area contributed by atoms with E-state index in [4.69, 9.17) is 22.3 Å². The van der Waals surface area contributed by atoms with Gasteiger partial charge in [0.25, 0.3) is 0 Å². The van der Waals surface area contributed by atoms with E-state index >= 15 is 0 Å². The van der Waals surface area contributed by atoms with Crippen LogP contribution in [0.5, 0.6) is 0 Å². The SMILES string of the molecule is CC1=CC(/C=C/c2c(C)cccc2Cl)=NC/1=C(/CCN)c1cccn1[B]F. The Morgan fingerprint density at radius 1 is 1.26 bits per heavy atom. The Hall–Kier alpha value is -2.37. The molecule has 0 fully saturated rings. The molecule has 2 aromatic rings. The van der Waals surface area contributed by atoms with Gasteiger partial charge in [-0.3, -0.25) is 0 Å². The van der Waals surface area contributed by atoms with Crippen molar-refractivity contribution in [3.63, 3.8) is 0 Å². The van der Waals surface area contributed by atoms with Crippen LogP contribution in [0.1, 0.15) is 30.2 Å². The van der Waals surface area contributed by atoms with E-state index in [2.05, 4.69) is 0 Å². The molecule has 1 aliphatic heterocycles. The summed E-state index contributed by atoms with van der Waals surface area (Å²) in [4.78, 5) is 4.76. The number of allylic oxidation sites excluding steroid dienone is 3. The zero-order chi connectivity index (χ0) is 19.4. The van der Waals surface area contributed by atoms with Gasteiger partial charge < -0.3 is 14.5 Å². The third-order valence-electron chi connectivity index (χ3n) is 4.54. The van der Waals surface area contributed by atoms with Crippen LogP contribution in [0.3, 0.4) is 0 Å². The van der Waals surface area contributed by atoms with E-state index in [-0.39, 0.29) is 0 Å². The quantitative estimate of drug-likeness (QED) is 0.706. The molecule has 2 N–H and O–H groups in total. The molecule has 1 aliphatic rings. The molecule has 0 saturated heterocycles. The molecule has 0 bridgehead atoms. The summed E-state index contributed by atoms with van der Waals surface area (Å²) in [5.74, 6) is 0. The van der Waals surface area contributed by atoms with Gasteiger partial charge in [-0.15, -0.1) is 0 Å². The van der Waals surface area contributed by atoms with Gasteiger partial charge in [0.05, 0.1) is 11.4 Å². The number of benzene rings is 1. The molecule has 27 heavy (non-hydrogen) atoms. The van der Waals surface area contributed by atoms with Crippen LogP contribution in [-0.2, 0) is 0 Å². The molecular formula is C21H21BClFN3. The number of nitrogens with zero attached hydrogens (tertiary/aromatic N) is 2. The maximum atomic E-state index is 13.2. The second-order valence-electron chi connectivity index (χ2n) is 6.43. The lowest BCUT2D eigenvalue weighted by Crippen LogP contribution is -2.08. The summed E-state index contributed by atoms with van der Waals surface area (Å²) >= 11 is 6.29. The molecule has 6 heteroatoms. The van der Waals surface area contributed by atoms with Gasteiger partial charge in [0.15, 0.2) is 0 Å². The van der Waals surface area contributed by atoms with Crippen molar-refractivity contribution >= 4 is 36.7 Å². The van der Waals surface area contributed by atoms with Gasteiger partial charge in [-0.1, -0.05) is 29.8 Å². The fourth-order valence-corrected chi connectivity index (χ4v) is 3.49. The third kappa shape index (κ3) is 4.15. The highest BCUT2D eigenvalue weighted by molar-refractivity contribution is 6.32. The van der Waals surface area contributed by atoms with Gasteiger partial charge in [-0.2, -0.15) is 0 Å². The Morgan fingerprint density at radius 2 is 2.07 bits per heavy atom. The van der Waals surface area contributed by atoms with Crippen LogP contribution >= 0.6 is 11.6 Å². The minimum Gasteiger partial charge on any atom is -0.365 e. The summed E-state index contributed by atoms with van der Waals surface area (Å²) in [5, 5.41) is 0.710. The first-order valence-electron chi connectivity index (χ1n) is 8.79. The summed E-state index contributed by atoms with van der Waals surface area (Å²) in [6.07, 6.45) is 8.23. The molecule has 0 atom stereocenters.